The minimum atomic E-state index is -0.967. The molecule has 6 nitrogen and oxygen atoms in total. The summed E-state index contributed by atoms with van der Waals surface area (Å²) in [6.45, 7) is 0.916. The van der Waals surface area contributed by atoms with Crippen LogP contribution < -0.4 is 4.74 Å². The lowest BCUT2D eigenvalue weighted by molar-refractivity contribution is -0.147. The minimum Gasteiger partial charge on any atom is -0.496 e. The van der Waals surface area contributed by atoms with E-state index in [1.54, 1.807) is 4.90 Å². The topological polar surface area (TPSA) is 76.1 Å². The molecule has 1 aliphatic rings. The van der Waals surface area contributed by atoms with Crippen molar-refractivity contribution in [2.75, 3.05) is 26.8 Å². The van der Waals surface area contributed by atoms with Gasteiger partial charge in [-0.05, 0) is 18.2 Å². The fourth-order valence-electron chi connectivity index (χ4n) is 2.42. The number of ether oxygens (including phenoxy) is 2. The van der Waals surface area contributed by atoms with Crippen LogP contribution in [0.25, 0.3) is 0 Å². The maximum absolute atomic E-state index is 13.3. The molecule has 1 aromatic rings. The summed E-state index contributed by atoms with van der Waals surface area (Å²) in [4.78, 5) is 24.6. The number of carboxylic acid groups (broad SMARTS) is 1. The highest BCUT2D eigenvalue weighted by Crippen LogP contribution is 2.21. The third-order valence-electron chi connectivity index (χ3n) is 3.48. The summed E-state index contributed by atoms with van der Waals surface area (Å²) in [5.74, 6) is -1.16. The summed E-state index contributed by atoms with van der Waals surface area (Å²) in [6, 6.07) is 4.01. The van der Waals surface area contributed by atoms with Gasteiger partial charge < -0.3 is 19.5 Å². The summed E-state index contributed by atoms with van der Waals surface area (Å²) < 4.78 is 23.8. The highest BCUT2D eigenvalue weighted by atomic mass is 19.1. The van der Waals surface area contributed by atoms with Crippen LogP contribution in [0.1, 0.15) is 12.0 Å². The van der Waals surface area contributed by atoms with Crippen molar-refractivity contribution in [3.63, 3.8) is 0 Å². The average molecular weight is 311 g/mol. The number of rotatable bonds is 5. The Labute approximate surface area is 127 Å². The van der Waals surface area contributed by atoms with E-state index in [0.717, 1.165) is 0 Å². The van der Waals surface area contributed by atoms with Gasteiger partial charge in [-0.3, -0.25) is 9.59 Å². The van der Waals surface area contributed by atoms with Crippen LogP contribution in [0.4, 0.5) is 4.39 Å². The molecule has 0 aromatic heterocycles. The maximum Gasteiger partial charge on any atom is 0.306 e. The molecule has 1 fully saturated rings. The molecule has 1 unspecified atom stereocenters. The largest absolute Gasteiger partial charge is 0.496 e. The number of nitrogens with zero attached hydrogens (tertiary/aromatic N) is 1. The lowest BCUT2D eigenvalue weighted by Gasteiger charge is -2.32. The summed E-state index contributed by atoms with van der Waals surface area (Å²) in [5, 5.41) is 8.78. The molecule has 1 saturated heterocycles. The third-order valence-corrected chi connectivity index (χ3v) is 3.48. The second-order valence-corrected chi connectivity index (χ2v) is 5.06. The van der Waals surface area contributed by atoms with Crippen LogP contribution in [-0.4, -0.2) is 54.8 Å². The third kappa shape index (κ3) is 4.17. The van der Waals surface area contributed by atoms with Crippen molar-refractivity contribution in [2.45, 2.75) is 18.9 Å². The fraction of sp³-hybridized carbons (Fsp3) is 0.467. The van der Waals surface area contributed by atoms with Crippen molar-refractivity contribution in [1.82, 2.24) is 4.90 Å². The SMILES string of the molecule is COc1ccc(F)cc1CC(=O)N1CCOC(CC(=O)O)C1. The van der Waals surface area contributed by atoms with E-state index in [1.807, 2.05) is 0 Å². The quantitative estimate of drug-likeness (QED) is 0.880. The van der Waals surface area contributed by atoms with E-state index >= 15 is 0 Å². The summed E-state index contributed by atoms with van der Waals surface area (Å²) in [5.41, 5.74) is 0.466. The molecule has 0 saturated carbocycles. The standard InChI is InChI=1S/C15H18FNO5/c1-21-13-3-2-11(16)6-10(13)7-14(18)17-4-5-22-12(9-17)8-15(19)20/h2-3,6,12H,4-5,7-9H2,1H3,(H,19,20). The number of benzene rings is 1. The zero-order valence-electron chi connectivity index (χ0n) is 12.3. The van der Waals surface area contributed by atoms with Gasteiger partial charge in [0.15, 0.2) is 0 Å². The number of halogens is 1. The van der Waals surface area contributed by atoms with Gasteiger partial charge >= 0.3 is 5.97 Å². The Bertz CT molecular complexity index is 563. The van der Waals surface area contributed by atoms with E-state index in [2.05, 4.69) is 0 Å². The van der Waals surface area contributed by atoms with Crippen molar-refractivity contribution in [2.24, 2.45) is 0 Å². The van der Waals surface area contributed by atoms with Crippen molar-refractivity contribution < 1.29 is 28.6 Å². The number of amides is 1. The summed E-state index contributed by atoms with van der Waals surface area (Å²) >= 11 is 0. The number of methoxy groups -OCH3 is 1. The van der Waals surface area contributed by atoms with E-state index in [9.17, 15) is 14.0 Å². The van der Waals surface area contributed by atoms with Crippen molar-refractivity contribution in [3.05, 3.63) is 29.6 Å². The Morgan fingerprint density at radius 3 is 2.95 bits per heavy atom. The van der Waals surface area contributed by atoms with Gasteiger partial charge in [0, 0.05) is 18.7 Å². The maximum atomic E-state index is 13.3. The lowest BCUT2D eigenvalue weighted by atomic mass is 10.1. The average Bonchev–Trinajstić information content (AvgIpc) is 2.47. The first kappa shape index (κ1) is 16.2. The van der Waals surface area contributed by atoms with Gasteiger partial charge in [0.1, 0.15) is 11.6 Å². The smallest absolute Gasteiger partial charge is 0.306 e. The first-order valence-corrected chi connectivity index (χ1v) is 6.93. The number of carbonyl (C=O) groups is 2. The van der Waals surface area contributed by atoms with Crippen LogP contribution in [0.2, 0.25) is 0 Å². The normalized spacial score (nSPS) is 18.1. The predicted octanol–water partition coefficient (Wildman–Crippen LogP) is 1.08. The van der Waals surface area contributed by atoms with Crippen LogP contribution in [-0.2, 0) is 20.7 Å². The van der Waals surface area contributed by atoms with Crippen molar-refractivity contribution in [3.8, 4) is 5.75 Å². The first-order valence-electron chi connectivity index (χ1n) is 6.93. The number of hydrogen-bond acceptors (Lipinski definition) is 4. The van der Waals surface area contributed by atoms with Crippen LogP contribution in [0.3, 0.4) is 0 Å². The number of aliphatic carboxylic acids is 1. The van der Waals surface area contributed by atoms with Crippen molar-refractivity contribution >= 4 is 11.9 Å². The molecule has 1 heterocycles. The molecule has 1 amide bonds. The highest BCUT2D eigenvalue weighted by Gasteiger charge is 2.26. The Balaban J connectivity index is 2.02. The van der Waals surface area contributed by atoms with Gasteiger partial charge in [0.05, 0.1) is 32.7 Å². The molecule has 0 aliphatic carbocycles. The van der Waals surface area contributed by atoms with Crippen LogP contribution >= 0.6 is 0 Å². The van der Waals surface area contributed by atoms with Gasteiger partial charge in [0.25, 0.3) is 0 Å². The number of morpholine rings is 1. The van der Waals surface area contributed by atoms with Crippen molar-refractivity contribution in [1.29, 1.82) is 0 Å². The Kier molecular flexibility index (Phi) is 5.32. The predicted molar refractivity (Wildman–Crippen MR) is 75.2 cm³/mol. The first-order chi connectivity index (χ1) is 10.5. The monoisotopic (exact) mass is 311 g/mol. The highest BCUT2D eigenvalue weighted by molar-refractivity contribution is 5.79. The summed E-state index contributed by atoms with van der Waals surface area (Å²) in [7, 11) is 1.46. The van der Waals surface area contributed by atoms with Gasteiger partial charge in [0.2, 0.25) is 5.91 Å². The minimum absolute atomic E-state index is 0.000719. The van der Waals surface area contributed by atoms with Gasteiger partial charge in [-0.2, -0.15) is 0 Å². The second-order valence-electron chi connectivity index (χ2n) is 5.06. The van der Waals surface area contributed by atoms with E-state index in [1.165, 1.54) is 25.3 Å². The van der Waals surface area contributed by atoms with Gasteiger partial charge in [-0.15, -0.1) is 0 Å². The molecule has 1 N–H and O–H groups in total. The fourth-order valence-corrected chi connectivity index (χ4v) is 2.42. The summed E-state index contributed by atoms with van der Waals surface area (Å²) in [6.07, 6.45) is -0.655. The zero-order valence-corrected chi connectivity index (χ0v) is 12.3. The molecular weight excluding hydrogens is 293 g/mol. The molecule has 0 bridgehead atoms. The van der Waals surface area contributed by atoms with E-state index < -0.39 is 17.9 Å². The van der Waals surface area contributed by atoms with Crippen LogP contribution in [0.5, 0.6) is 5.75 Å². The van der Waals surface area contributed by atoms with Gasteiger partial charge in [-0.1, -0.05) is 0 Å². The molecule has 1 aliphatic heterocycles. The molecule has 0 radical (unpaired) electrons. The molecule has 7 heteroatoms. The van der Waals surface area contributed by atoms with E-state index in [-0.39, 0.29) is 25.3 Å². The Morgan fingerprint density at radius 1 is 1.50 bits per heavy atom. The molecule has 22 heavy (non-hydrogen) atoms. The molecular formula is C15H18FNO5. The van der Waals surface area contributed by atoms with Gasteiger partial charge in [-0.25, -0.2) is 4.39 Å². The lowest BCUT2D eigenvalue weighted by Crippen LogP contribution is -2.46. The van der Waals surface area contributed by atoms with Crippen LogP contribution in [0, 0.1) is 5.82 Å². The van der Waals surface area contributed by atoms with E-state index in [4.69, 9.17) is 14.6 Å². The number of hydrogen-bond donors (Lipinski definition) is 1. The van der Waals surface area contributed by atoms with E-state index in [0.29, 0.717) is 24.5 Å². The van der Waals surface area contributed by atoms with Crippen LogP contribution in [0.15, 0.2) is 18.2 Å². The molecule has 120 valence electrons. The molecule has 0 spiro atoms. The Hall–Kier alpha value is -2.15. The second kappa shape index (κ2) is 7.22. The number of carboxylic acids is 1. The zero-order chi connectivity index (χ0) is 16.1. The molecule has 2 rings (SSSR count). The molecule has 1 atom stereocenters. The Morgan fingerprint density at radius 2 is 2.27 bits per heavy atom. The molecule has 1 aromatic carbocycles. The number of carbonyl (C=O) groups excluding carboxylic acids is 1.